The molecule has 3 saturated heterocycles. The fraction of sp³-hybridized carbons (Fsp3) is 0.444. The van der Waals surface area contributed by atoms with Gasteiger partial charge in [0.1, 0.15) is 6.04 Å². The van der Waals surface area contributed by atoms with E-state index in [-0.39, 0.29) is 36.2 Å². The maximum absolute atomic E-state index is 12.9. The van der Waals surface area contributed by atoms with E-state index < -0.39 is 6.04 Å². The van der Waals surface area contributed by atoms with Crippen molar-refractivity contribution >= 4 is 41.1 Å². The van der Waals surface area contributed by atoms with Gasteiger partial charge in [-0.3, -0.25) is 19.7 Å². The molecule has 0 aromatic heterocycles. The van der Waals surface area contributed by atoms with Crippen molar-refractivity contribution in [3.8, 4) is 0 Å². The molecule has 1 N–H and O–H groups in total. The first-order chi connectivity index (χ1) is 13.0. The summed E-state index contributed by atoms with van der Waals surface area (Å²) >= 11 is 1.67. The second-order valence-electron chi connectivity index (χ2n) is 6.82. The third-order valence-corrected chi connectivity index (χ3v) is 6.12. The zero-order valence-corrected chi connectivity index (χ0v) is 15.7. The first-order valence-corrected chi connectivity index (χ1v) is 9.98. The standard InChI is InChI=1S/C18H20N4O4S/c1-11(23)12-2-4-13(5-3-12)22-17(25)15-8-20(6-7-21(15)18(22)26)16(24)14-9-27-10-19-14/h2-5,14-15,19H,6-10H2,1H3. The van der Waals surface area contributed by atoms with E-state index in [1.165, 1.54) is 11.8 Å². The molecule has 0 bridgehead atoms. The van der Waals surface area contributed by atoms with Crippen LogP contribution in [-0.2, 0) is 9.59 Å². The zero-order chi connectivity index (χ0) is 19.1. The molecule has 4 rings (SSSR count). The van der Waals surface area contributed by atoms with E-state index in [0.717, 1.165) is 16.5 Å². The number of Topliss-reactive ketones (excluding diaryl/α,β-unsaturated/α-hetero) is 1. The maximum Gasteiger partial charge on any atom is 0.332 e. The number of imide groups is 1. The van der Waals surface area contributed by atoms with Crippen LogP contribution in [0.4, 0.5) is 10.5 Å². The molecule has 27 heavy (non-hydrogen) atoms. The predicted octanol–water partition coefficient (Wildman–Crippen LogP) is 0.531. The molecule has 1 aromatic rings. The average Bonchev–Trinajstić information content (AvgIpc) is 3.29. The summed E-state index contributed by atoms with van der Waals surface area (Å²) in [5, 5.41) is 3.15. The molecule has 3 fully saturated rings. The normalized spacial score (nSPS) is 25.1. The van der Waals surface area contributed by atoms with Crippen LogP contribution in [0.25, 0.3) is 0 Å². The number of thioether (sulfide) groups is 1. The number of ketones is 1. The summed E-state index contributed by atoms with van der Waals surface area (Å²) in [5.74, 6) is 1.06. The SMILES string of the molecule is CC(=O)c1ccc(N2C(=O)C3CN(C(=O)C4CSCN4)CCN3C2=O)cc1. The van der Waals surface area contributed by atoms with Gasteiger partial charge in [-0.2, -0.15) is 0 Å². The fourth-order valence-electron chi connectivity index (χ4n) is 3.65. The Morgan fingerprint density at radius 2 is 1.89 bits per heavy atom. The Morgan fingerprint density at radius 3 is 2.52 bits per heavy atom. The van der Waals surface area contributed by atoms with Crippen LogP contribution in [0.3, 0.4) is 0 Å². The van der Waals surface area contributed by atoms with Gasteiger partial charge in [-0.1, -0.05) is 0 Å². The highest BCUT2D eigenvalue weighted by Gasteiger charge is 2.49. The Balaban J connectivity index is 1.52. The van der Waals surface area contributed by atoms with Crippen molar-refractivity contribution in [1.29, 1.82) is 0 Å². The molecule has 9 heteroatoms. The van der Waals surface area contributed by atoms with Gasteiger partial charge in [0.25, 0.3) is 5.91 Å². The van der Waals surface area contributed by atoms with Crippen molar-refractivity contribution in [2.24, 2.45) is 0 Å². The number of rotatable bonds is 3. The van der Waals surface area contributed by atoms with Gasteiger partial charge < -0.3 is 9.80 Å². The number of benzene rings is 1. The van der Waals surface area contributed by atoms with E-state index in [4.69, 9.17) is 0 Å². The predicted molar refractivity (Wildman–Crippen MR) is 101 cm³/mol. The average molecular weight is 388 g/mol. The van der Waals surface area contributed by atoms with Crippen molar-refractivity contribution in [1.82, 2.24) is 15.1 Å². The summed E-state index contributed by atoms with van der Waals surface area (Å²) in [4.78, 5) is 54.0. The number of fused-ring (bicyclic) bond motifs is 1. The van der Waals surface area contributed by atoms with Gasteiger partial charge in [0.2, 0.25) is 5.91 Å². The highest BCUT2D eigenvalue weighted by atomic mass is 32.2. The molecule has 1 aromatic carbocycles. The number of hydrogen-bond donors (Lipinski definition) is 1. The Hall–Kier alpha value is -2.39. The summed E-state index contributed by atoms with van der Waals surface area (Å²) in [5.41, 5.74) is 0.963. The van der Waals surface area contributed by atoms with Gasteiger partial charge in [0.15, 0.2) is 5.78 Å². The topological polar surface area (TPSA) is 90.0 Å². The van der Waals surface area contributed by atoms with Crippen LogP contribution in [-0.4, -0.2) is 76.8 Å². The molecule has 0 aliphatic carbocycles. The molecule has 2 unspecified atom stereocenters. The second-order valence-corrected chi connectivity index (χ2v) is 7.85. The molecular formula is C18H20N4O4S. The van der Waals surface area contributed by atoms with E-state index in [0.29, 0.717) is 24.3 Å². The molecular weight excluding hydrogens is 368 g/mol. The highest BCUT2D eigenvalue weighted by Crippen LogP contribution is 2.28. The third kappa shape index (κ3) is 3.10. The molecule has 142 valence electrons. The highest BCUT2D eigenvalue weighted by molar-refractivity contribution is 7.99. The van der Waals surface area contributed by atoms with E-state index >= 15 is 0 Å². The molecule has 2 atom stereocenters. The van der Waals surface area contributed by atoms with Gasteiger partial charge in [-0.05, 0) is 31.2 Å². The molecule has 0 spiro atoms. The summed E-state index contributed by atoms with van der Waals surface area (Å²) in [6.07, 6.45) is 0. The lowest BCUT2D eigenvalue weighted by molar-refractivity contribution is -0.136. The van der Waals surface area contributed by atoms with Gasteiger partial charge >= 0.3 is 6.03 Å². The van der Waals surface area contributed by atoms with Crippen LogP contribution in [0.5, 0.6) is 0 Å². The largest absolute Gasteiger partial charge is 0.337 e. The number of hydrogen-bond acceptors (Lipinski definition) is 6. The van der Waals surface area contributed by atoms with Crippen LogP contribution < -0.4 is 10.2 Å². The summed E-state index contributed by atoms with van der Waals surface area (Å²) in [7, 11) is 0. The number of nitrogens with zero attached hydrogens (tertiary/aromatic N) is 3. The molecule has 0 saturated carbocycles. The van der Waals surface area contributed by atoms with Crippen LogP contribution in [0.15, 0.2) is 24.3 Å². The number of carbonyl (C=O) groups is 4. The lowest BCUT2D eigenvalue weighted by Crippen LogP contribution is -2.57. The molecule has 0 radical (unpaired) electrons. The van der Waals surface area contributed by atoms with Crippen molar-refractivity contribution in [3.05, 3.63) is 29.8 Å². The molecule has 3 heterocycles. The minimum Gasteiger partial charge on any atom is -0.337 e. The lowest BCUT2D eigenvalue weighted by atomic mass is 10.1. The zero-order valence-electron chi connectivity index (χ0n) is 14.9. The van der Waals surface area contributed by atoms with Crippen LogP contribution in [0.1, 0.15) is 17.3 Å². The number of nitrogens with one attached hydrogen (secondary N) is 1. The van der Waals surface area contributed by atoms with E-state index in [1.54, 1.807) is 40.9 Å². The number of piperazine rings is 1. The van der Waals surface area contributed by atoms with E-state index in [2.05, 4.69) is 5.32 Å². The minimum atomic E-state index is -0.656. The first-order valence-electron chi connectivity index (χ1n) is 8.83. The number of urea groups is 1. The number of carbonyl (C=O) groups excluding carboxylic acids is 4. The Labute approximate surface area is 160 Å². The van der Waals surface area contributed by atoms with Crippen LogP contribution >= 0.6 is 11.8 Å². The van der Waals surface area contributed by atoms with Crippen molar-refractivity contribution in [2.45, 2.75) is 19.0 Å². The molecule has 3 aliphatic rings. The molecule has 3 aliphatic heterocycles. The Bertz CT molecular complexity index is 806. The van der Waals surface area contributed by atoms with Gasteiger partial charge in [-0.15, -0.1) is 11.8 Å². The van der Waals surface area contributed by atoms with Gasteiger partial charge in [0, 0.05) is 30.3 Å². The quantitative estimate of drug-likeness (QED) is 0.600. The smallest absolute Gasteiger partial charge is 0.332 e. The van der Waals surface area contributed by atoms with E-state index in [9.17, 15) is 19.2 Å². The number of anilines is 1. The minimum absolute atomic E-state index is 0.0100. The second kappa shape index (κ2) is 6.97. The number of amides is 4. The lowest BCUT2D eigenvalue weighted by Gasteiger charge is -2.36. The monoisotopic (exact) mass is 388 g/mol. The summed E-state index contributed by atoms with van der Waals surface area (Å²) < 4.78 is 0. The third-order valence-electron chi connectivity index (χ3n) is 5.18. The Morgan fingerprint density at radius 1 is 1.15 bits per heavy atom. The summed E-state index contributed by atoms with van der Waals surface area (Å²) in [6.45, 7) is 2.44. The van der Waals surface area contributed by atoms with Gasteiger partial charge in [0.05, 0.1) is 18.3 Å². The van der Waals surface area contributed by atoms with E-state index in [1.807, 2.05) is 0 Å². The van der Waals surface area contributed by atoms with Gasteiger partial charge in [-0.25, -0.2) is 9.69 Å². The van der Waals surface area contributed by atoms with Crippen molar-refractivity contribution < 1.29 is 19.2 Å². The van der Waals surface area contributed by atoms with Crippen LogP contribution in [0.2, 0.25) is 0 Å². The van der Waals surface area contributed by atoms with Crippen molar-refractivity contribution in [2.75, 3.05) is 36.2 Å². The maximum atomic E-state index is 12.9. The van der Waals surface area contributed by atoms with Crippen LogP contribution in [0, 0.1) is 0 Å². The van der Waals surface area contributed by atoms with Crippen molar-refractivity contribution in [3.63, 3.8) is 0 Å². The summed E-state index contributed by atoms with van der Waals surface area (Å²) in [6, 6.07) is 5.17. The Kier molecular flexibility index (Phi) is 4.65. The molecule has 8 nitrogen and oxygen atoms in total. The first kappa shape index (κ1) is 18.0. The molecule has 4 amide bonds. The fourth-order valence-corrected chi connectivity index (χ4v) is 4.59.